The highest BCUT2D eigenvalue weighted by Crippen LogP contribution is 2.28. The van der Waals surface area contributed by atoms with Gasteiger partial charge in [-0.1, -0.05) is 18.0 Å². The van der Waals surface area contributed by atoms with Crippen molar-refractivity contribution in [3.8, 4) is 0 Å². The minimum Gasteiger partial charge on any atom is -0.337 e. The number of nitrogens with zero attached hydrogens (tertiary/aromatic N) is 3. The summed E-state index contributed by atoms with van der Waals surface area (Å²) >= 11 is 0. The lowest BCUT2D eigenvalue weighted by molar-refractivity contribution is -0.131. The van der Waals surface area contributed by atoms with E-state index in [9.17, 15) is 4.79 Å². The van der Waals surface area contributed by atoms with Crippen LogP contribution >= 0.6 is 0 Å². The molecule has 1 aliphatic heterocycles. The van der Waals surface area contributed by atoms with Gasteiger partial charge in [-0.15, -0.1) is 0 Å². The Morgan fingerprint density at radius 1 is 1.44 bits per heavy atom. The van der Waals surface area contributed by atoms with Gasteiger partial charge in [-0.25, -0.2) is 0 Å². The van der Waals surface area contributed by atoms with Gasteiger partial charge in [0.05, 0.1) is 0 Å². The van der Waals surface area contributed by atoms with Crippen LogP contribution in [0.25, 0.3) is 0 Å². The van der Waals surface area contributed by atoms with Crippen molar-refractivity contribution in [1.82, 2.24) is 15.0 Å². The van der Waals surface area contributed by atoms with Crippen LogP contribution in [0.15, 0.2) is 4.52 Å². The van der Waals surface area contributed by atoms with Crippen LogP contribution in [0.5, 0.6) is 0 Å². The van der Waals surface area contributed by atoms with E-state index in [2.05, 4.69) is 10.1 Å². The number of carbonyl (C=O) groups is 1. The van der Waals surface area contributed by atoms with Crippen LogP contribution in [0.4, 0.5) is 0 Å². The molecule has 0 aliphatic carbocycles. The van der Waals surface area contributed by atoms with Crippen LogP contribution in [-0.4, -0.2) is 27.5 Å². The fourth-order valence-electron chi connectivity index (χ4n) is 2.19. The quantitative estimate of drug-likeness (QED) is 0.729. The molecule has 0 spiro atoms. The molecule has 0 radical (unpaired) electrons. The summed E-state index contributed by atoms with van der Waals surface area (Å²) in [6.45, 7) is 4.19. The smallest absolute Gasteiger partial charge is 0.249 e. The van der Waals surface area contributed by atoms with Gasteiger partial charge in [0.15, 0.2) is 5.82 Å². The molecule has 5 nitrogen and oxygen atoms in total. The van der Waals surface area contributed by atoms with Crippen molar-refractivity contribution in [2.75, 3.05) is 6.54 Å². The van der Waals surface area contributed by atoms with E-state index < -0.39 is 0 Å². The van der Waals surface area contributed by atoms with Gasteiger partial charge in [0, 0.05) is 13.5 Å². The number of aromatic nitrogens is 2. The standard InChI is InChI=1S/C11H17N3O2/c1-8-12-11(16-13-8)10-6-4-3-5-7-14(10)9(2)15/h10H,3-7H2,1-2H3. The van der Waals surface area contributed by atoms with E-state index in [1.165, 1.54) is 0 Å². The molecule has 88 valence electrons. The lowest BCUT2D eigenvalue weighted by Crippen LogP contribution is -2.33. The maximum absolute atomic E-state index is 11.6. The van der Waals surface area contributed by atoms with Crippen molar-refractivity contribution in [3.63, 3.8) is 0 Å². The second-order valence-corrected chi connectivity index (χ2v) is 4.26. The van der Waals surface area contributed by atoms with Crippen molar-refractivity contribution in [3.05, 3.63) is 11.7 Å². The molecule has 0 N–H and O–H groups in total. The summed E-state index contributed by atoms with van der Waals surface area (Å²) in [5, 5.41) is 3.79. The highest BCUT2D eigenvalue weighted by molar-refractivity contribution is 5.73. The number of hydrogen-bond acceptors (Lipinski definition) is 4. The van der Waals surface area contributed by atoms with Crippen LogP contribution in [0.2, 0.25) is 0 Å². The second-order valence-electron chi connectivity index (χ2n) is 4.26. The van der Waals surface area contributed by atoms with Gasteiger partial charge in [-0.05, 0) is 19.8 Å². The summed E-state index contributed by atoms with van der Waals surface area (Å²) in [6.07, 6.45) is 4.24. The minimum atomic E-state index is -0.0267. The number of amides is 1. The van der Waals surface area contributed by atoms with Crippen molar-refractivity contribution in [1.29, 1.82) is 0 Å². The fourth-order valence-corrected chi connectivity index (χ4v) is 2.19. The zero-order valence-corrected chi connectivity index (χ0v) is 9.77. The Morgan fingerprint density at radius 2 is 2.25 bits per heavy atom. The molecule has 1 saturated heterocycles. The topological polar surface area (TPSA) is 59.2 Å². The number of aryl methyl sites for hydroxylation is 1. The van der Waals surface area contributed by atoms with Crippen molar-refractivity contribution >= 4 is 5.91 Å². The summed E-state index contributed by atoms with van der Waals surface area (Å²) in [5.74, 6) is 1.29. The summed E-state index contributed by atoms with van der Waals surface area (Å²) in [5.41, 5.74) is 0. The van der Waals surface area contributed by atoms with E-state index in [-0.39, 0.29) is 11.9 Å². The first-order valence-corrected chi connectivity index (χ1v) is 5.76. The highest BCUT2D eigenvalue weighted by atomic mass is 16.5. The van der Waals surface area contributed by atoms with Crippen LogP contribution in [0, 0.1) is 6.92 Å². The lowest BCUT2D eigenvalue weighted by Gasteiger charge is -2.25. The maximum Gasteiger partial charge on any atom is 0.249 e. The predicted octanol–water partition coefficient (Wildman–Crippen LogP) is 1.84. The SMILES string of the molecule is CC(=O)N1CCCCCC1c1nc(C)no1. The Morgan fingerprint density at radius 3 is 2.88 bits per heavy atom. The highest BCUT2D eigenvalue weighted by Gasteiger charge is 2.28. The Balaban J connectivity index is 2.23. The van der Waals surface area contributed by atoms with E-state index in [4.69, 9.17) is 4.52 Å². The first kappa shape index (κ1) is 11.1. The van der Waals surface area contributed by atoms with Crippen LogP contribution < -0.4 is 0 Å². The number of carbonyl (C=O) groups excluding carboxylic acids is 1. The molecule has 5 heteroatoms. The molecule has 0 bridgehead atoms. The zero-order valence-electron chi connectivity index (χ0n) is 9.77. The minimum absolute atomic E-state index is 0.0267. The van der Waals surface area contributed by atoms with E-state index in [1.807, 2.05) is 4.90 Å². The van der Waals surface area contributed by atoms with E-state index in [0.29, 0.717) is 11.7 Å². The monoisotopic (exact) mass is 223 g/mol. The molecule has 16 heavy (non-hydrogen) atoms. The molecule has 0 aromatic carbocycles. The molecule has 1 atom stereocenters. The zero-order chi connectivity index (χ0) is 11.5. The summed E-state index contributed by atoms with van der Waals surface area (Å²) in [7, 11) is 0. The van der Waals surface area contributed by atoms with Crippen LogP contribution in [0.3, 0.4) is 0 Å². The van der Waals surface area contributed by atoms with Gasteiger partial charge < -0.3 is 9.42 Å². The molecule has 2 rings (SSSR count). The Hall–Kier alpha value is -1.39. The average Bonchev–Trinajstić information content (AvgIpc) is 2.54. The average molecular weight is 223 g/mol. The first-order valence-electron chi connectivity index (χ1n) is 5.76. The predicted molar refractivity (Wildman–Crippen MR) is 57.6 cm³/mol. The lowest BCUT2D eigenvalue weighted by atomic mass is 10.1. The van der Waals surface area contributed by atoms with Gasteiger partial charge in [-0.2, -0.15) is 4.98 Å². The third kappa shape index (κ3) is 2.23. The first-order chi connectivity index (χ1) is 7.68. The number of rotatable bonds is 1. The number of hydrogen-bond donors (Lipinski definition) is 0. The molecule has 1 fully saturated rings. The molecular formula is C11H17N3O2. The van der Waals surface area contributed by atoms with Gasteiger partial charge >= 0.3 is 0 Å². The molecule has 2 heterocycles. The van der Waals surface area contributed by atoms with Gasteiger partial charge in [-0.3, -0.25) is 4.79 Å². The van der Waals surface area contributed by atoms with Gasteiger partial charge in [0.25, 0.3) is 0 Å². The largest absolute Gasteiger partial charge is 0.337 e. The molecule has 1 aliphatic rings. The summed E-state index contributed by atoms with van der Waals surface area (Å²) in [4.78, 5) is 17.7. The van der Waals surface area contributed by atoms with Crippen LogP contribution in [-0.2, 0) is 4.79 Å². The fraction of sp³-hybridized carbons (Fsp3) is 0.727. The molecule has 1 unspecified atom stereocenters. The second kappa shape index (κ2) is 4.63. The Labute approximate surface area is 94.8 Å². The molecule has 1 aromatic heterocycles. The molecular weight excluding hydrogens is 206 g/mol. The third-order valence-corrected chi connectivity index (χ3v) is 2.99. The van der Waals surface area contributed by atoms with Crippen molar-refractivity contribution < 1.29 is 9.32 Å². The number of likely N-dealkylation sites (tertiary alicyclic amines) is 1. The van der Waals surface area contributed by atoms with Crippen molar-refractivity contribution in [2.45, 2.75) is 45.6 Å². The summed E-state index contributed by atoms with van der Waals surface area (Å²) < 4.78 is 5.18. The molecule has 0 saturated carbocycles. The Bertz CT molecular complexity index is 375. The molecule has 1 amide bonds. The third-order valence-electron chi connectivity index (χ3n) is 2.99. The Kier molecular flexibility index (Phi) is 3.22. The van der Waals surface area contributed by atoms with Gasteiger partial charge in [0.2, 0.25) is 11.8 Å². The normalized spacial score (nSPS) is 21.9. The van der Waals surface area contributed by atoms with E-state index in [1.54, 1.807) is 13.8 Å². The maximum atomic E-state index is 11.6. The van der Waals surface area contributed by atoms with Crippen LogP contribution in [0.1, 0.15) is 50.4 Å². The van der Waals surface area contributed by atoms with E-state index >= 15 is 0 Å². The van der Waals surface area contributed by atoms with Crippen molar-refractivity contribution in [2.24, 2.45) is 0 Å². The molecule has 1 aromatic rings. The van der Waals surface area contributed by atoms with Gasteiger partial charge in [0.1, 0.15) is 6.04 Å². The summed E-state index contributed by atoms with van der Waals surface area (Å²) in [6, 6.07) is -0.0267. The van der Waals surface area contributed by atoms with E-state index in [0.717, 1.165) is 32.2 Å².